The van der Waals surface area contributed by atoms with Crippen molar-refractivity contribution in [1.82, 2.24) is 10.2 Å². The fourth-order valence-corrected chi connectivity index (χ4v) is 2.27. The van der Waals surface area contributed by atoms with Gasteiger partial charge < -0.3 is 10.4 Å². The topological polar surface area (TPSA) is 35.5 Å². The van der Waals surface area contributed by atoms with Crippen LogP contribution >= 0.6 is 0 Å². The van der Waals surface area contributed by atoms with Crippen LogP contribution in [-0.4, -0.2) is 36.2 Å². The molecule has 0 radical (unpaired) electrons. The van der Waals surface area contributed by atoms with E-state index in [9.17, 15) is 5.11 Å². The van der Waals surface area contributed by atoms with Gasteiger partial charge in [-0.2, -0.15) is 0 Å². The summed E-state index contributed by atoms with van der Waals surface area (Å²) in [5.74, 6) is 0. The van der Waals surface area contributed by atoms with Crippen molar-refractivity contribution in [1.29, 1.82) is 0 Å². The zero-order valence-corrected chi connectivity index (χ0v) is 14.2. The van der Waals surface area contributed by atoms with Gasteiger partial charge in [0.15, 0.2) is 0 Å². The van der Waals surface area contributed by atoms with Crippen molar-refractivity contribution in [2.75, 3.05) is 26.2 Å². The molecule has 120 valence electrons. The molecule has 21 heavy (non-hydrogen) atoms. The molecule has 0 heterocycles. The molecule has 0 aliphatic heterocycles. The molecule has 1 aromatic carbocycles. The molecule has 0 bridgehead atoms. The molecule has 3 nitrogen and oxygen atoms in total. The first kappa shape index (κ1) is 18.1. The molecule has 1 unspecified atom stereocenters. The number of aliphatic hydroxyl groups is 1. The summed E-state index contributed by atoms with van der Waals surface area (Å²) in [6.45, 7) is 13.8. The highest BCUT2D eigenvalue weighted by molar-refractivity contribution is 5.22. The van der Waals surface area contributed by atoms with Crippen LogP contribution in [-0.2, 0) is 13.1 Å². The zero-order valence-electron chi connectivity index (χ0n) is 14.2. The lowest BCUT2D eigenvalue weighted by atomic mass is 9.88. The Hall–Kier alpha value is -0.900. The van der Waals surface area contributed by atoms with Crippen molar-refractivity contribution < 1.29 is 5.11 Å². The van der Waals surface area contributed by atoms with Crippen LogP contribution in [0.3, 0.4) is 0 Å². The van der Waals surface area contributed by atoms with E-state index in [1.807, 2.05) is 0 Å². The maximum atomic E-state index is 9.40. The Morgan fingerprint density at radius 2 is 1.62 bits per heavy atom. The lowest BCUT2D eigenvalue weighted by Crippen LogP contribution is -2.34. The highest BCUT2D eigenvalue weighted by atomic mass is 16.3. The summed E-state index contributed by atoms with van der Waals surface area (Å²) in [5.41, 5.74) is 2.66. The zero-order chi connectivity index (χ0) is 15.7. The van der Waals surface area contributed by atoms with Crippen molar-refractivity contribution >= 4 is 0 Å². The van der Waals surface area contributed by atoms with E-state index in [-0.39, 0.29) is 12.0 Å². The first-order valence-corrected chi connectivity index (χ1v) is 8.18. The molecule has 0 saturated heterocycles. The van der Waals surface area contributed by atoms with E-state index in [0.29, 0.717) is 0 Å². The SMILES string of the molecule is CCN(CC)Cc1ccc(CNCC(C)(CC)CO)cc1. The van der Waals surface area contributed by atoms with E-state index in [1.165, 1.54) is 11.1 Å². The summed E-state index contributed by atoms with van der Waals surface area (Å²) in [4.78, 5) is 2.42. The van der Waals surface area contributed by atoms with Crippen LogP contribution in [0.1, 0.15) is 45.2 Å². The fourth-order valence-electron chi connectivity index (χ4n) is 2.27. The fraction of sp³-hybridized carbons (Fsp3) is 0.667. The van der Waals surface area contributed by atoms with Crippen LogP contribution < -0.4 is 5.32 Å². The molecule has 1 aromatic rings. The minimum absolute atomic E-state index is 0.0112. The summed E-state index contributed by atoms with van der Waals surface area (Å²) >= 11 is 0. The van der Waals surface area contributed by atoms with Crippen molar-refractivity contribution in [2.45, 2.75) is 47.2 Å². The molecule has 0 saturated carbocycles. The van der Waals surface area contributed by atoms with Gasteiger partial charge in [-0.25, -0.2) is 0 Å². The summed E-state index contributed by atoms with van der Waals surface area (Å²) in [5, 5.41) is 12.9. The van der Waals surface area contributed by atoms with Gasteiger partial charge in [0.05, 0.1) is 0 Å². The van der Waals surface area contributed by atoms with E-state index in [2.05, 4.69) is 62.2 Å². The Morgan fingerprint density at radius 3 is 2.10 bits per heavy atom. The molecule has 3 heteroatoms. The minimum atomic E-state index is -0.0112. The molecule has 2 N–H and O–H groups in total. The number of hydrogen-bond donors (Lipinski definition) is 2. The van der Waals surface area contributed by atoms with Gasteiger partial charge in [0, 0.05) is 31.7 Å². The molecule has 0 aromatic heterocycles. The lowest BCUT2D eigenvalue weighted by Gasteiger charge is -2.26. The second-order valence-electron chi connectivity index (χ2n) is 6.20. The molecular formula is C18H32N2O. The standard InChI is InChI=1S/C18H32N2O/c1-5-18(4,15-21)14-19-12-16-8-10-17(11-9-16)13-20(6-2)7-3/h8-11,19,21H,5-7,12-15H2,1-4H3. The Balaban J connectivity index is 2.44. The molecule has 1 rings (SSSR count). The van der Waals surface area contributed by atoms with Crippen LogP contribution in [0.5, 0.6) is 0 Å². The average Bonchev–Trinajstić information content (AvgIpc) is 2.53. The lowest BCUT2D eigenvalue weighted by molar-refractivity contribution is 0.135. The molecule has 0 spiro atoms. The molecule has 0 aliphatic rings. The van der Waals surface area contributed by atoms with Gasteiger partial charge in [0.1, 0.15) is 0 Å². The van der Waals surface area contributed by atoms with Gasteiger partial charge in [0.25, 0.3) is 0 Å². The van der Waals surface area contributed by atoms with E-state index >= 15 is 0 Å². The number of hydrogen-bond acceptors (Lipinski definition) is 3. The molecule has 0 amide bonds. The van der Waals surface area contributed by atoms with E-state index < -0.39 is 0 Å². The second-order valence-corrected chi connectivity index (χ2v) is 6.20. The Labute approximate surface area is 130 Å². The first-order chi connectivity index (χ1) is 10.1. The highest BCUT2D eigenvalue weighted by Gasteiger charge is 2.19. The third-order valence-corrected chi connectivity index (χ3v) is 4.44. The third kappa shape index (κ3) is 6.16. The largest absolute Gasteiger partial charge is 0.396 e. The highest BCUT2D eigenvalue weighted by Crippen LogP contribution is 2.18. The average molecular weight is 292 g/mol. The smallest absolute Gasteiger partial charge is 0.0496 e. The molecule has 0 aliphatic carbocycles. The summed E-state index contributed by atoms with van der Waals surface area (Å²) < 4.78 is 0. The van der Waals surface area contributed by atoms with Gasteiger partial charge >= 0.3 is 0 Å². The van der Waals surface area contributed by atoms with E-state index in [4.69, 9.17) is 0 Å². The Morgan fingerprint density at radius 1 is 1.05 bits per heavy atom. The maximum absolute atomic E-state index is 9.40. The monoisotopic (exact) mass is 292 g/mol. The van der Waals surface area contributed by atoms with Crippen molar-refractivity contribution in [3.63, 3.8) is 0 Å². The van der Waals surface area contributed by atoms with Crippen LogP contribution in [0, 0.1) is 5.41 Å². The van der Waals surface area contributed by atoms with E-state index in [1.54, 1.807) is 0 Å². The number of aliphatic hydroxyl groups excluding tert-OH is 1. The number of benzene rings is 1. The van der Waals surface area contributed by atoms with E-state index in [0.717, 1.165) is 39.1 Å². The van der Waals surface area contributed by atoms with Gasteiger partial charge in [-0.1, -0.05) is 52.0 Å². The van der Waals surface area contributed by atoms with Crippen molar-refractivity contribution in [3.05, 3.63) is 35.4 Å². The van der Waals surface area contributed by atoms with Gasteiger partial charge in [-0.05, 0) is 30.6 Å². The van der Waals surface area contributed by atoms with Crippen molar-refractivity contribution in [3.8, 4) is 0 Å². The number of rotatable bonds is 10. The summed E-state index contributed by atoms with van der Waals surface area (Å²) in [6.07, 6.45) is 0.985. The molecular weight excluding hydrogens is 260 g/mol. The van der Waals surface area contributed by atoms with Crippen LogP contribution in [0.4, 0.5) is 0 Å². The molecule has 0 fully saturated rings. The predicted octanol–water partition coefficient (Wildman–Crippen LogP) is 3.03. The quantitative estimate of drug-likeness (QED) is 0.696. The number of nitrogens with one attached hydrogen (secondary N) is 1. The third-order valence-electron chi connectivity index (χ3n) is 4.44. The first-order valence-electron chi connectivity index (χ1n) is 8.18. The van der Waals surface area contributed by atoms with Crippen LogP contribution in [0.2, 0.25) is 0 Å². The van der Waals surface area contributed by atoms with Gasteiger partial charge in [-0.3, -0.25) is 4.90 Å². The normalized spacial score (nSPS) is 14.4. The Kier molecular flexibility index (Phi) is 7.94. The van der Waals surface area contributed by atoms with Crippen LogP contribution in [0.15, 0.2) is 24.3 Å². The van der Waals surface area contributed by atoms with Gasteiger partial charge in [0.2, 0.25) is 0 Å². The summed E-state index contributed by atoms with van der Waals surface area (Å²) in [6, 6.07) is 8.85. The minimum Gasteiger partial charge on any atom is -0.396 e. The van der Waals surface area contributed by atoms with Crippen LogP contribution in [0.25, 0.3) is 0 Å². The summed E-state index contributed by atoms with van der Waals surface area (Å²) in [7, 11) is 0. The number of nitrogens with zero attached hydrogens (tertiary/aromatic N) is 1. The van der Waals surface area contributed by atoms with Crippen molar-refractivity contribution in [2.24, 2.45) is 5.41 Å². The van der Waals surface area contributed by atoms with Gasteiger partial charge in [-0.15, -0.1) is 0 Å². The Bertz CT molecular complexity index is 381. The molecule has 1 atom stereocenters. The second kappa shape index (κ2) is 9.19. The maximum Gasteiger partial charge on any atom is 0.0496 e. The predicted molar refractivity (Wildman–Crippen MR) is 90.3 cm³/mol.